The molecule has 0 unspecified atom stereocenters. The maximum atomic E-state index is 12.9. The van der Waals surface area contributed by atoms with Crippen LogP contribution >= 0.6 is 23.2 Å². The van der Waals surface area contributed by atoms with Crippen molar-refractivity contribution in [2.75, 3.05) is 27.2 Å². The Morgan fingerprint density at radius 3 is 2.31 bits per heavy atom. The van der Waals surface area contributed by atoms with Gasteiger partial charge in [-0.25, -0.2) is 0 Å². The van der Waals surface area contributed by atoms with Crippen LogP contribution in [0.25, 0.3) is 0 Å². The van der Waals surface area contributed by atoms with E-state index in [1.54, 1.807) is 41.3 Å². The lowest BCUT2D eigenvalue weighted by atomic mass is 10.1. The lowest BCUT2D eigenvalue weighted by molar-refractivity contribution is 0.0737. The number of hydrogen-bond acceptors (Lipinski definition) is 3. The van der Waals surface area contributed by atoms with Crippen molar-refractivity contribution in [1.29, 1.82) is 5.26 Å². The Kier molecular flexibility index (Phi) is 7.47. The zero-order valence-electron chi connectivity index (χ0n) is 14.9. The smallest absolute Gasteiger partial charge is 0.254 e. The normalized spacial score (nSPS) is 10.6. The fourth-order valence-electron chi connectivity index (χ4n) is 2.56. The molecule has 1 amide bonds. The summed E-state index contributed by atoms with van der Waals surface area (Å²) in [6.45, 7) is 1.96. The second-order valence-electron chi connectivity index (χ2n) is 6.32. The predicted octanol–water partition coefficient (Wildman–Crippen LogP) is 4.46. The van der Waals surface area contributed by atoms with E-state index < -0.39 is 0 Å². The molecule has 0 spiro atoms. The lowest BCUT2D eigenvalue weighted by Gasteiger charge is -2.24. The van der Waals surface area contributed by atoms with Gasteiger partial charge in [0.15, 0.2) is 0 Å². The van der Waals surface area contributed by atoms with Crippen molar-refractivity contribution in [3.8, 4) is 6.07 Å². The first-order valence-corrected chi connectivity index (χ1v) is 9.04. The second-order valence-corrected chi connectivity index (χ2v) is 7.14. The van der Waals surface area contributed by atoms with E-state index in [2.05, 4.69) is 11.0 Å². The van der Waals surface area contributed by atoms with Crippen molar-refractivity contribution < 1.29 is 4.79 Å². The minimum Gasteiger partial charge on any atom is -0.334 e. The van der Waals surface area contributed by atoms with Gasteiger partial charge in [-0.1, -0.05) is 29.3 Å². The molecule has 0 radical (unpaired) electrons. The van der Waals surface area contributed by atoms with Gasteiger partial charge in [-0.3, -0.25) is 4.79 Å². The number of nitrogens with zero attached hydrogens (tertiary/aromatic N) is 3. The number of hydrogen-bond donors (Lipinski definition) is 0. The van der Waals surface area contributed by atoms with Gasteiger partial charge < -0.3 is 9.80 Å². The first-order chi connectivity index (χ1) is 12.4. The maximum Gasteiger partial charge on any atom is 0.254 e. The summed E-state index contributed by atoms with van der Waals surface area (Å²) in [5.41, 5.74) is 2.02. The van der Waals surface area contributed by atoms with Crippen LogP contribution in [0.4, 0.5) is 0 Å². The van der Waals surface area contributed by atoms with E-state index in [0.29, 0.717) is 34.3 Å². The van der Waals surface area contributed by atoms with Crippen LogP contribution in [0.5, 0.6) is 0 Å². The van der Waals surface area contributed by atoms with E-state index in [0.717, 1.165) is 18.5 Å². The average molecular weight is 390 g/mol. The van der Waals surface area contributed by atoms with E-state index in [9.17, 15) is 4.79 Å². The maximum absolute atomic E-state index is 12.9. The number of nitriles is 1. The van der Waals surface area contributed by atoms with Gasteiger partial charge in [-0.05, 0) is 69.0 Å². The fraction of sp³-hybridized carbons (Fsp3) is 0.300. The predicted molar refractivity (Wildman–Crippen MR) is 106 cm³/mol. The van der Waals surface area contributed by atoms with Crippen LogP contribution in [-0.4, -0.2) is 42.9 Å². The Labute approximate surface area is 164 Å². The summed E-state index contributed by atoms with van der Waals surface area (Å²) in [6, 6.07) is 14.2. The van der Waals surface area contributed by atoms with Gasteiger partial charge in [0.1, 0.15) is 0 Å². The molecule has 0 atom stereocenters. The molecule has 0 bridgehead atoms. The SMILES string of the molecule is CN(C)CCCN(Cc1ccc(Cl)c(Cl)c1)C(=O)c1ccc(C#N)cc1. The van der Waals surface area contributed by atoms with Crippen LogP contribution in [-0.2, 0) is 6.54 Å². The van der Waals surface area contributed by atoms with Crippen LogP contribution in [0.15, 0.2) is 42.5 Å². The summed E-state index contributed by atoms with van der Waals surface area (Å²) in [7, 11) is 4.01. The molecule has 26 heavy (non-hydrogen) atoms. The highest BCUT2D eigenvalue weighted by Gasteiger charge is 2.16. The Morgan fingerprint density at radius 1 is 1.04 bits per heavy atom. The minimum absolute atomic E-state index is 0.0701. The van der Waals surface area contributed by atoms with E-state index in [4.69, 9.17) is 28.5 Å². The molecule has 2 aromatic rings. The van der Waals surface area contributed by atoms with Crippen LogP contribution in [0, 0.1) is 11.3 Å². The molecule has 4 nitrogen and oxygen atoms in total. The van der Waals surface area contributed by atoms with Crippen LogP contribution in [0.3, 0.4) is 0 Å². The zero-order chi connectivity index (χ0) is 19.1. The highest BCUT2D eigenvalue weighted by molar-refractivity contribution is 6.42. The van der Waals surface area contributed by atoms with Gasteiger partial charge in [0.05, 0.1) is 21.7 Å². The summed E-state index contributed by atoms with van der Waals surface area (Å²) in [5.74, 6) is -0.0701. The standard InChI is InChI=1S/C20H21Cl2N3O/c1-24(2)10-3-11-25(14-16-6-9-18(21)19(22)12-16)20(26)17-7-4-15(13-23)5-8-17/h4-9,12H,3,10-11,14H2,1-2H3. The highest BCUT2D eigenvalue weighted by atomic mass is 35.5. The van der Waals surface area contributed by atoms with Crippen molar-refractivity contribution in [3.05, 3.63) is 69.2 Å². The molecule has 0 aliphatic rings. The van der Waals surface area contributed by atoms with Crippen molar-refractivity contribution in [2.45, 2.75) is 13.0 Å². The third kappa shape index (κ3) is 5.74. The molecule has 0 saturated carbocycles. The van der Waals surface area contributed by atoms with Gasteiger partial charge in [0.25, 0.3) is 5.91 Å². The number of carbonyl (C=O) groups excluding carboxylic acids is 1. The molecule has 136 valence electrons. The van der Waals surface area contributed by atoms with E-state index in [1.165, 1.54) is 0 Å². The minimum atomic E-state index is -0.0701. The van der Waals surface area contributed by atoms with Gasteiger partial charge in [0.2, 0.25) is 0 Å². The van der Waals surface area contributed by atoms with Gasteiger partial charge in [0, 0.05) is 18.7 Å². The largest absolute Gasteiger partial charge is 0.334 e. The van der Waals surface area contributed by atoms with E-state index in [1.807, 2.05) is 20.2 Å². The molecule has 0 aromatic heterocycles. The Balaban J connectivity index is 2.19. The van der Waals surface area contributed by atoms with Crippen LogP contribution < -0.4 is 0 Å². The number of amides is 1. The van der Waals surface area contributed by atoms with Gasteiger partial charge >= 0.3 is 0 Å². The van der Waals surface area contributed by atoms with Crippen molar-refractivity contribution >= 4 is 29.1 Å². The van der Waals surface area contributed by atoms with Gasteiger partial charge in [-0.2, -0.15) is 5.26 Å². The number of benzene rings is 2. The van der Waals surface area contributed by atoms with E-state index in [-0.39, 0.29) is 5.91 Å². The molecule has 2 aromatic carbocycles. The third-order valence-corrected chi connectivity index (χ3v) is 4.68. The molecule has 0 saturated heterocycles. The van der Waals surface area contributed by atoms with Crippen LogP contribution in [0.2, 0.25) is 10.0 Å². The topological polar surface area (TPSA) is 47.3 Å². The van der Waals surface area contributed by atoms with Crippen molar-refractivity contribution in [1.82, 2.24) is 9.80 Å². The number of carbonyl (C=O) groups is 1. The Bertz CT molecular complexity index is 798. The van der Waals surface area contributed by atoms with E-state index >= 15 is 0 Å². The molecule has 0 aliphatic carbocycles. The molecule has 6 heteroatoms. The summed E-state index contributed by atoms with van der Waals surface area (Å²) in [4.78, 5) is 16.8. The first-order valence-electron chi connectivity index (χ1n) is 8.29. The molecule has 2 rings (SSSR count). The molecule has 0 N–H and O–H groups in total. The third-order valence-electron chi connectivity index (χ3n) is 3.94. The molecule has 0 fully saturated rings. The number of rotatable bonds is 7. The van der Waals surface area contributed by atoms with Crippen molar-refractivity contribution in [3.63, 3.8) is 0 Å². The fourth-order valence-corrected chi connectivity index (χ4v) is 2.88. The monoisotopic (exact) mass is 389 g/mol. The summed E-state index contributed by atoms with van der Waals surface area (Å²) in [5, 5.41) is 9.88. The van der Waals surface area contributed by atoms with Crippen LogP contribution in [0.1, 0.15) is 27.9 Å². The number of halogens is 2. The zero-order valence-corrected chi connectivity index (χ0v) is 16.4. The quantitative estimate of drug-likeness (QED) is 0.701. The molecular formula is C20H21Cl2N3O. The van der Waals surface area contributed by atoms with Gasteiger partial charge in [-0.15, -0.1) is 0 Å². The average Bonchev–Trinajstić information content (AvgIpc) is 2.63. The molecule has 0 aliphatic heterocycles. The summed E-state index contributed by atoms with van der Waals surface area (Å²) < 4.78 is 0. The molecule has 0 heterocycles. The Morgan fingerprint density at radius 2 is 1.73 bits per heavy atom. The first kappa shape index (κ1) is 20.3. The molecular weight excluding hydrogens is 369 g/mol. The summed E-state index contributed by atoms with van der Waals surface area (Å²) >= 11 is 12.1. The van der Waals surface area contributed by atoms with Crippen molar-refractivity contribution in [2.24, 2.45) is 0 Å². The lowest BCUT2D eigenvalue weighted by Crippen LogP contribution is -2.33. The summed E-state index contributed by atoms with van der Waals surface area (Å²) in [6.07, 6.45) is 0.857. The Hall–Kier alpha value is -2.06. The highest BCUT2D eigenvalue weighted by Crippen LogP contribution is 2.23. The second kappa shape index (κ2) is 9.59.